The van der Waals surface area contributed by atoms with Gasteiger partial charge in [0, 0.05) is 18.8 Å². The van der Waals surface area contributed by atoms with Crippen molar-refractivity contribution in [2.75, 3.05) is 13.1 Å². The van der Waals surface area contributed by atoms with Crippen LogP contribution < -0.4 is 10.6 Å². The van der Waals surface area contributed by atoms with E-state index in [1.54, 1.807) is 12.4 Å². The highest BCUT2D eigenvalue weighted by atomic mass is 16.1. The molecule has 2 heterocycles. The zero-order valence-electron chi connectivity index (χ0n) is 12.4. The molecule has 1 aliphatic rings. The van der Waals surface area contributed by atoms with E-state index in [2.05, 4.69) is 22.5 Å². The van der Waals surface area contributed by atoms with Crippen LogP contribution in [0.4, 0.5) is 0 Å². The Morgan fingerprint density at radius 1 is 1.55 bits per heavy atom. The summed E-state index contributed by atoms with van der Waals surface area (Å²) < 4.78 is 0. The molecule has 2 N–H and O–H groups in total. The summed E-state index contributed by atoms with van der Waals surface area (Å²) in [5, 5.41) is 6.48. The average molecular weight is 275 g/mol. The first kappa shape index (κ1) is 15.0. The van der Waals surface area contributed by atoms with Gasteiger partial charge in [-0.25, -0.2) is 0 Å². The van der Waals surface area contributed by atoms with Gasteiger partial charge in [0.25, 0.3) is 0 Å². The number of amides is 1. The molecule has 3 atom stereocenters. The number of hydrogen-bond acceptors (Lipinski definition) is 3. The number of aromatic nitrogens is 1. The molecule has 20 heavy (non-hydrogen) atoms. The second-order valence-electron chi connectivity index (χ2n) is 5.86. The minimum Gasteiger partial charge on any atom is -0.350 e. The maximum Gasteiger partial charge on any atom is 0.220 e. The van der Waals surface area contributed by atoms with Gasteiger partial charge < -0.3 is 10.6 Å². The number of hydrogen-bond donors (Lipinski definition) is 2. The molecule has 4 nitrogen and oxygen atoms in total. The van der Waals surface area contributed by atoms with Crippen molar-refractivity contribution in [2.45, 2.75) is 39.2 Å². The average Bonchev–Trinajstić information content (AvgIpc) is 2.49. The number of nitrogens with one attached hydrogen (secondary N) is 2. The lowest BCUT2D eigenvalue weighted by molar-refractivity contribution is -0.123. The van der Waals surface area contributed by atoms with E-state index in [9.17, 15) is 4.79 Å². The minimum absolute atomic E-state index is 0.0212. The first-order chi connectivity index (χ1) is 9.66. The molecule has 0 spiro atoms. The van der Waals surface area contributed by atoms with E-state index < -0.39 is 0 Å². The Labute approximate surface area is 121 Å². The van der Waals surface area contributed by atoms with Crippen molar-refractivity contribution in [3.05, 3.63) is 30.1 Å². The summed E-state index contributed by atoms with van der Waals surface area (Å²) in [6.07, 6.45) is 6.62. The van der Waals surface area contributed by atoms with Crippen LogP contribution in [0.15, 0.2) is 24.5 Å². The van der Waals surface area contributed by atoms with E-state index in [4.69, 9.17) is 0 Å². The molecule has 1 fully saturated rings. The Morgan fingerprint density at radius 2 is 2.40 bits per heavy atom. The maximum atomic E-state index is 12.1. The standard InChI is InChI=1S/C16H25N3O/c1-12(14-5-3-7-17-10-14)9-16(20)19-13(2)15-6-4-8-18-11-15/h4,6,8,11-14,17H,3,5,7,9-10H2,1-2H3,(H,19,20). The van der Waals surface area contributed by atoms with Crippen molar-refractivity contribution in [1.29, 1.82) is 0 Å². The first-order valence-electron chi connectivity index (χ1n) is 7.57. The van der Waals surface area contributed by atoms with E-state index in [0.29, 0.717) is 18.3 Å². The van der Waals surface area contributed by atoms with Crippen LogP contribution in [0, 0.1) is 11.8 Å². The van der Waals surface area contributed by atoms with Gasteiger partial charge in [0.05, 0.1) is 6.04 Å². The molecular formula is C16H25N3O. The van der Waals surface area contributed by atoms with Crippen LogP contribution in [-0.4, -0.2) is 24.0 Å². The minimum atomic E-state index is 0.0212. The molecule has 0 radical (unpaired) electrons. The number of carbonyl (C=O) groups is 1. The fraction of sp³-hybridized carbons (Fsp3) is 0.625. The fourth-order valence-electron chi connectivity index (χ4n) is 2.84. The lowest BCUT2D eigenvalue weighted by Gasteiger charge is -2.28. The summed E-state index contributed by atoms with van der Waals surface area (Å²) in [6, 6.07) is 3.91. The number of nitrogens with zero attached hydrogens (tertiary/aromatic N) is 1. The van der Waals surface area contributed by atoms with Gasteiger partial charge in [0.15, 0.2) is 0 Å². The highest BCUT2D eigenvalue weighted by Gasteiger charge is 2.22. The zero-order chi connectivity index (χ0) is 14.4. The molecule has 0 bridgehead atoms. The van der Waals surface area contributed by atoms with Gasteiger partial charge in [-0.1, -0.05) is 13.0 Å². The smallest absolute Gasteiger partial charge is 0.220 e. The molecule has 4 heteroatoms. The summed E-state index contributed by atoms with van der Waals surface area (Å²) in [4.78, 5) is 16.2. The van der Waals surface area contributed by atoms with E-state index in [1.807, 2.05) is 19.1 Å². The largest absolute Gasteiger partial charge is 0.350 e. The van der Waals surface area contributed by atoms with Crippen molar-refractivity contribution in [1.82, 2.24) is 15.6 Å². The Balaban J connectivity index is 1.79. The van der Waals surface area contributed by atoms with Crippen molar-refractivity contribution in [3.8, 4) is 0 Å². The lowest BCUT2D eigenvalue weighted by atomic mass is 9.85. The fourth-order valence-corrected chi connectivity index (χ4v) is 2.84. The maximum absolute atomic E-state index is 12.1. The Hall–Kier alpha value is -1.42. The van der Waals surface area contributed by atoms with E-state index in [0.717, 1.165) is 18.7 Å². The molecule has 1 aromatic rings. The van der Waals surface area contributed by atoms with E-state index >= 15 is 0 Å². The summed E-state index contributed by atoms with van der Waals surface area (Å²) >= 11 is 0. The van der Waals surface area contributed by atoms with Crippen molar-refractivity contribution >= 4 is 5.91 Å². The third-order valence-corrected chi connectivity index (χ3v) is 4.21. The molecule has 0 saturated carbocycles. The van der Waals surface area contributed by atoms with Crippen LogP contribution in [0.25, 0.3) is 0 Å². The number of rotatable bonds is 5. The molecule has 0 aromatic carbocycles. The lowest BCUT2D eigenvalue weighted by Crippen LogP contribution is -2.36. The van der Waals surface area contributed by atoms with Crippen molar-refractivity contribution in [3.63, 3.8) is 0 Å². The molecule has 110 valence electrons. The highest BCUT2D eigenvalue weighted by molar-refractivity contribution is 5.76. The van der Waals surface area contributed by atoms with Gasteiger partial charge in [0.2, 0.25) is 5.91 Å². The number of pyridine rings is 1. The van der Waals surface area contributed by atoms with Crippen LogP contribution in [-0.2, 0) is 4.79 Å². The predicted octanol–water partition coefficient (Wildman–Crippen LogP) is 2.28. The summed E-state index contributed by atoms with van der Waals surface area (Å²) in [6.45, 7) is 6.35. The van der Waals surface area contributed by atoms with E-state index in [1.165, 1.54) is 12.8 Å². The van der Waals surface area contributed by atoms with Crippen LogP contribution in [0.2, 0.25) is 0 Å². The molecule has 2 rings (SSSR count). The van der Waals surface area contributed by atoms with Crippen LogP contribution >= 0.6 is 0 Å². The van der Waals surface area contributed by atoms with Gasteiger partial charge in [-0.15, -0.1) is 0 Å². The SMILES string of the molecule is CC(NC(=O)CC(C)C1CCCNC1)c1cccnc1. The van der Waals surface area contributed by atoms with Crippen LogP contribution in [0.1, 0.15) is 44.7 Å². The molecular weight excluding hydrogens is 250 g/mol. The van der Waals surface area contributed by atoms with Gasteiger partial charge >= 0.3 is 0 Å². The monoisotopic (exact) mass is 275 g/mol. The highest BCUT2D eigenvalue weighted by Crippen LogP contribution is 2.22. The molecule has 3 unspecified atom stereocenters. The molecule has 1 amide bonds. The molecule has 1 saturated heterocycles. The second kappa shape index (κ2) is 7.39. The quantitative estimate of drug-likeness (QED) is 0.867. The summed E-state index contributed by atoms with van der Waals surface area (Å²) in [7, 11) is 0. The van der Waals surface area contributed by atoms with Crippen LogP contribution in [0.3, 0.4) is 0 Å². The van der Waals surface area contributed by atoms with Crippen LogP contribution in [0.5, 0.6) is 0 Å². The molecule has 1 aromatic heterocycles. The normalized spacial score (nSPS) is 22.0. The summed E-state index contributed by atoms with van der Waals surface area (Å²) in [5.41, 5.74) is 1.05. The van der Waals surface area contributed by atoms with Crippen molar-refractivity contribution < 1.29 is 4.79 Å². The van der Waals surface area contributed by atoms with Gasteiger partial charge in [-0.2, -0.15) is 0 Å². The molecule has 1 aliphatic heterocycles. The Bertz CT molecular complexity index is 415. The van der Waals surface area contributed by atoms with Gasteiger partial charge in [-0.05, 0) is 56.3 Å². The Morgan fingerprint density at radius 3 is 3.05 bits per heavy atom. The third-order valence-electron chi connectivity index (χ3n) is 4.21. The first-order valence-corrected chi connectivity index (χ1v) is 7.57. The number of piperidine rings is 1. The zero-order valence-corrected chi connectivity index (χ0v) is 12.4. The Kier molecular flexibility index (Phi) is 5.53. The summed E-state index contributed by atoms with van der Waals surface area (Å²) in [5.74, 6) is 1.20. The van der Waals surface area contributed by atoms with Gasteiger partial charge in [0.1, 0.15) is 0 Å². The topological polar surface area (TPSA) is 54.0 Å². The van der Waals surface area contributed by atoms with Gasteiger partial charge in [-0.3, -0.25) is 9.78 Å². The number of carbonyl (C=O) groups excluding carboxylic acids is 1. The second-order valence-corrected chi connectivity index (χ2v) is 5.86. The van der Waals surface area contributed by atoms with E-state index in [-0.39, 0.29) is 11.9 Å². The molecule has 0 aliphatic carbocycles. The third kappa shape index (κ3) is 4.30. The van der Waals surface area contributed by atoms with Crippen molar-refractivity contribution in [2.24, 2.45) is 11.8 Å². The predicted molar refractivity (Wildman–Crippen MR) is 80.2 cm³/mol.